The van der Waals surface area contributed by atoms with Crippen LogP contribution < -0.4 is 5.73 Å². The Labute approximate surface area is 88.8 Å². The molecule has 1 heterocycles. The maximum absolute atomic E-state index is 10.8. The van der Waals surface area contributed by atoms with Gasteiger partial charge >= 0.3 is 5.97 Å². The zero-order chi connectivity index (χ0) is 11.6. The average molecular weight is 228 g/mol. The fourth-order valence-electron chi connectivity index (χ4n) is 1.10. The molecule has 0 amide bonds. The molecule has 0 aliphatic rings. The zero-order valence-corrected chi connectivity index (χ0v) is 8.58. The minimum atomic E-state index is -1.18. The van der Waals surface area contributed by atoms with Crippen molar-refractivity contribution >= 4 is 28.6 Å². The fourth-order valence-corrected chi connectivity index (χ4v) is 2.02. The van der Waals surface area contributed by atoms with E-state index in [1.54, 1.807) is 0 Å². The predicted molar refractivity (Wildman–Crippen MR) is 56.3 cm³/mol. The first-order chi connectivity index (χ1) is 6.93. The number of carboxylic acid groups (broad SMARTS) is 1. The molecule has 0 aliphatic heterocycles. The normalized spacial score (nSPS) is 11.4. The second kappa shape index (κ2) is 4.09. The number of anilines is 1. The number of thiophene rings is 1. The smallest absolute Gasteiger partial charge is 0.339 e. The highest BCUT2D eigenvalue weighted by molar-refractivity contribution is 7.12. The SMILES string of the molecule is CC(=C[N+](=O)[O-])c1scc(N)c1C(=O)O. The molecule has 0 unspecified atom stereocenters. The van der Waals surface area contributed by atoms with E-state index in [-0.39, 0.29) is 16.8 Å². The molecule has 6 nitrogen and oxygen atoms in total. The molecule has 0 radical (unpaired) electrons. The van der Waals surface area contributed by atoms with Crippen molar-refractivity contribution in [1.29, 1.82) is 0 Å². The summed E-state index contributed by atoms with van der Waals surface area (Å²) >= 11 is 1.08. The second-order valence-corrected chi connectivity index (χ2v) is 3.68. The van der Waals surface area contributed by atoms with Crippen molar-refractivity contribution in [2.24, 2.45) is 0 Å². The Balaban J connectivity index is 3.26. The maximum atomic E-state index is 10.8. The lowest BCUT2D eigenvalue weighted by Crippen LogP contribution is -2.02. The van der Waals surface area contributed by atoms with E-state index in [1.807, 2.05) is 0 Å². The Kier molecular flexibility index (Phi) is 3.05. The van der Waals surface area contributed by atoms with Gasteiger partial charge in [0.2, 0.25) is 6.20 Å². The second-order valence-electron chi connectivity index (χ2n) is 2.80. The number of nitrogens with two attached hydrogens (primary N) is 1. The quantitative estimate of drug-likeness (QED) is 0.604. The largest absolute Gasteiger partial charge is 0.478 e. The highest BCUT2D eigenvalue weighted by Gasteiger charge is 2.18. The number of rotatable bonds is 3. The van der Waals surface area contributed by atoms with Gasteiger partial charge in [0.1, 0.15) is 5.56 Å². The molecular weight excluding hydrogens is 220 g/mol. The summed E-state index contributed by atoms with van der Waals surface area (Å²) in [5.74, 6) is -1.18. The third-order valence-electron chi connectivity index (χ3n) is 1.69. The topological polar surface area (TPSA) is 106 Å². The van der Waals surface area contributed by atoms with E-state index in [0.29, 0.717) is 4.88 Å². The molecular formula is C8H8N2O4S. The molecule has 1 aromatic heterocycles. The Bertz CT molecular complexity index is 449. The van der Waals surface area contributed by atoms with Gasteiger partial charge in [-0.1, -0.05) is 0 Å². The van der Waals surface area contributed by atoms with Crippen LogP contribution in [0, 0.1) is 10.1 Å². The molecule has 0 spiro atoms. The van der Waals surface area contributed by atoms with Crippen LogP contribution in [0.3, 0.4) is 0 Å². The predicted octanol–water partition coefficient (Wildman–Crippen LogP) is 1.67. The minimum Gasteiger partial charge on any atom is -0.478 e. The van der Waals surface area contributed by atoms with Crippen molar-refractivity contribution in [3.8, 4) is 0 Å². The van der Waals surface area contributed by atoms with Crippen LogP contribution in [-0.2, 0) is 0 Å². The summed E-state index contributed by atoms with van der Waals surface area (Å²) in [5.41, 5.74) is 5.77. The van der Waals surface area contributed by atoms with E-state index in [0.717, 1.165) is 17.5 Å². The summed E-state index contributed by atoms with van der Waals surface area (Å²) in [6.45, 7) is 1.47. The number of aromatic carboxylic acids is 1. The number of allylic oxidation sites excluding steroid dienone is 1. The molecule has 0 bridgehead atoms. The van der Waals surface area contributed by atoms with Gasteiger partial charge in [0.15, 0.2) is 0 Å². The standard InChI is InChI=1S/C8H8N2O4S/c1-4(2-10(13)14)7-6(8(11)12)5(9)3-15-7/h2-3H,9H2,1H3,(H,11,12). The molecule has 1 aromatic rings. The lowest BCUT2D eigenvalue weighted by atomic mass is 10.1. The van der Waals surface area contributed by atoms with Crippen LogP contribution in [0.5, 0.6) is 0 Å². The van der Waals surface area contributed by atoms with E-state index >= 15 is 0 Å². The Hall–Kier alpha value is -1.89. The first kappa shape index (κ1) is 11.2. The Morgan fingerprint density at radius 2 is 2.33 bits per heavy atom. The van der Waals surface area contributed by atoms with E-state index in [1.165, 1.54) is 12.3 Å². The molecule has 0 saturated carbocycles. The van der Waals surface area contributed by atoms with Gasteiger partial charge in [-0.2, -0.15) is 0 Å². The molecule has 0 aliphatic carbocycles. The van der Waals surface area contributed by atoms with Gasteiger partial charge in [0.25, 0.3) is 0 Å². The molecule has 80 valence electrons. The lowest BCUT2D eigenvalue weighted by molar-refractivity contribution is -0.401. The van der Waals surface area contributed by atoms with Crippen LogP contribution in [0.25, 0.3) is 5.57 Å². The average Bonchev–Trinajstić information content (AvgIpc) is 2.45. The van der Waals surface area contributed by atoms with E-state index < -0.39 is 10.9 Å². The van der Waals surface area contributed by atoms with Crippen molar-refractivity contribution in [1.82, 2.24) is 0 Å². The monoisotopic (exact) mass is 228 g/mol. The first-order valence-electron chi connectivity index (χ1n) is 3.86. The van der Waals surface area contributed by atoms with Crippen molar-refractivity contribution < 1.29 is 14.8 Å². The Morgan fingerprint density at radius 1 is 1.73 bits per heavy atom. The summed E-state index contributed by atoms with van der Waals surface area (Å²) in [6, 6.07) is 0. The van der Waals surface area contributed by atoms with Gasteiger partial charge in [0, 0.05) is 11.0 Å². The third-order valence-corrected chi connectivity index (χ3v) is 2.82. The number of hydrogen-bond acceptors (Lipinski definition) is 5. The number of carbonyl (C=O) groups is 1. The maximum Gasteiger partial charge on any atom is 0.339 e. The molecule has 0 saturated heterocycles. The number of hydrogen-bond donors (Lipinski definition) is 2. The van der Waals surface area contributed by atoms with Crippen LogP contribution in [0.4, 0.5) is 5.69 Å². The summed E-state index contributed by atoms with van der Waals surface area (Å²) in [7, 11) is 0. The third kappa shape index (κ3) is 2.32. The van der Waals surface area contributed by atoms with Gasteiger partial charge < -0.3 is 10.8 Å². The first-order valence-corrected chi connectivity index (χ1v) is 4.74. The van der Waals surface area contributed by atoms with E-state index in [4.69, 9.17) is 10.8 Å². The molecule has 7 heteroatoms. The van der Waals surface area contributed by atoms with Crippen LogP contribution in [-0.4, -0.2) is 16.0 Å². The molecule has 0 fully saturated rings. The summed E-state index contributed by atoms with van der Waals surface area (Å²) in [5, 5.41) is 20.5. The van der Waals surface area contributed by atoms with Crippen molar-refractivity contribution in [3.63, 3.8) is 0 Å². The highest BCUT2D eigenvalue weighted by atomic mass is 32.1. The van der Waals surface area contributed by atoms with Crippen LogP contribution >= 0.6 is 11.3 Å². The lowest BCUT2D eigenvalue weighted by Gasteiger charge is -1.97. The van der Waals surface area contributed by atoms with E-state index in [9.17, 15) is 14.9 Å². The van der Waals surface area contributed by atoms with Gasteiger partial charge in [-0.15, -0.1) is 11.3 Å². The number of carboxylic acids is 1. The zero-order valence-electron chi connectivity index (χ0n) is 7.76. The summed E-state index contributed by atoms with van der Waals surface area (Å²) < 4.78 is 0. The summed E-state index contributed by atoms with van der Waals surface area (Å²) in [4.78, 5) is 20.7. The van der Waals surface area contributed by atoms with Gasteiger partial charge in [-0.3, -0.25) is 10.1 Å². The minimum absolute atomic E-state index is 0.0735. The fraction of sp³-hybridized carbons (Fsp3) is 0.125. The van der Waals surface area contributed by atoms with Crippen molar-refractivity contribution in [3.05, 3.63) is 32.1 Å². The van der Waals surface area contributed by atoms with Gasteiger partial charge in [-0.05, 0) is 6.92 Å². The number of nitrogens with zero attached hydrogens (tertiary/aromatic N) is 1. The van der Waals surface area contributed by atoms with Gasteiger partial charge in [0.05, 0.1) is 15.5 Å². The summed E-state index contributed by atoms with van der Waals surface area (Å²) in [6.07, 6.45) is 0.762. The number of nitrogen functional groups attached to an aromatic ring is 1. The Morgan fingerprint density at radius 3 is 2.80 bits per heavy atom. The van der Waals surface area contributed by atoms with Gasteiger partial charge in [-0.25, -0.2) is 4.79 Å². The van der Waals surface area contributed by atoms with Crippen LogP contribution in [0.2, 0.25) is 0 Å². The number of nitro groups is 1. The molecule has 3 N–H and O–H groups in total. The highest BCUT2D eigenvalue weighted by Crippen LogP contribution is 2.30. The van der Waals surface area contributed by atoms with E-state index in [2.05, 4.69) is 0 Å². The van der Waals surface area contributed by atoms with Crippen molar-refractivity contribution in [2.75, 3.05) is 5.73 Å². The van der Waals surface area contributed by atoms with Crippen LogP contribution in [0.15, 0.2) is 11.6 Å². The molecule has 1 rings (SSSR count). The van der Waals surface area contributed by atoms with Crippen molar-refractivity contribution in [2.45, 2.75) is 6.92 Å². The molecule has 0 aromatic carbocycles. The molecule has 0 atom stereocenters. The van der Waals surface area contributed by atoms with Crippen LogP contribution in [0.1, 0.15) is 22.2 Å². The molecule has 15 heavy (non-hydrogen) atoms.